The van der Waals surface area contributed by atoms with Gasteiger partial charge in [-0.05, 0) is 17.9 Å². The first-order valence-corrected chi connectivity index (χ1v) is 7.29. The second-order valence-electron chi connectivity index (χ2n) is 5.12. The number of allylic oxidation sites excluding steroid dienone is 1. The first kappa shape index (κ1) is 22.4. The molecule has 4 rings (SSSR count). The zero-order valence-electron chi connectivity index (χ0n) is 14.5. The number of hydrogen-bond donors (Lipinski definition) is 0. The van der Waals surface area contributed by atoms with Gasteiger partial charge >= 0.3 is 26.2 Å². The van der Waals surface area contributed by atoms with Gasteiger partial charge in [0, 0.05) is 0 Å². The smallest absolute Gasteiger partial charge is 0.358 e. The molecule has 1 heteroatoms. The summed E-state index contributed by atoms with van der Waals surface area (Å²) in [6, 6.07) is 28.3. The van der Waals surface area contributed by atoms with E-state index in [0.29, 0.717) is 5.92 Å². The van der Waals surface area contributed by atoms with Crippen molar-refractivity contribution >= 4 is 0 Å². The van der Waals surface area contributed by atoms with Crippen LogP contribution in [0.1, 0.15) is 23.5 Å². The van der Waals surface area contributed by atoms with Gasteiger partial charge in [-0.25, -0.2) is 12.1 Å². The van der Waals surface area contributed by atoms with Crippen LogP contribution in [-0.2, 0) is 26.2 Å². The van der Waals surface area contributed by atoms with Crippen molar-refractivity contribution in [2.75, 3.05) is 0 Å². The van der Waals surface area contributed by atoms with Gasteiger partial charge in [0.1, 0.15) is 0 Å². The van der Waals surface area contributed by atoms with Crippen molar-refractivity contribution in [3.8, 4) is 11.1 Å². The molecule has 0 spiro atoms. The van der Waals surface area contributed by atoms with Gasteiger partial charge in [-0.1, -0.05) is 35.9 Å². The maximum atomic E-state index is 3.86. The number of hydrogen-bond acceptors (Lipinski definition) is 0. The molecular weight excluding hydrogens is 367 g/mol. The largest absolute Gasteiger partial charge is 4.00 e. The average molecular weight is 392 g/mol. The Kier molecular flexibility index (Phi) is 10.3. The Morgan fingerprint density at radius 1 is 0.958 bits per heavy atom. The van der Waals surface area contributed by atoms with E-state index >= 15 is 0 Å². The molecule has 1 atom stereocenters. The van der Waals surface area contributed by atoms with Crippen molar-refractivity contribution in [1.29, 1.82) is 0 Å². The van der Waals surface area contributed by atoms with E-state index in [9.17, 15) is 0 Å². The van der Waals surface area contributed by atoms with Crippen LogP contribution in [0.2, 0.25) is 0 Å². The van der Waals surface area contributed by atoms with Crippen molar-refractivity contribution in [3.05, 3.63) is 117 Å². The third kappa shape index (κ3) is 4.71. The minimum absolute atomic E-state index is 0. The summed E-state index contributed by atoms with van der Waals surface area (Å²) in [4.78, 5) is 0. The van der Waals surface area contributed by atoms with Crippen LogP contribution in [0, 0.1) is 20.9 Å². The van der Waals surface area contributed by atoms with E-state index in [1.165, 1.54) is 22.3 Å². The van der Waals surface area contributed by atoms with Crippen molar-refractivity contribution < 1.29 is 26.2 Å². The molecule has 0 fully saturated rings. The Morgan fingerprint density at radius 3 is 2.25 bits per heavy atom. The molecule has 3 aromatic rings. The van der Waals surface area contributed by atoms with Crippen molar-refractivity contribution in [1.82, 2.24) is 0 Å². The summed E-state index contributed by atoms with van der Waals surface area (Å²) in [5, 5.41) is 0. The summed E-state index contributed by atoms with van der Waals surface area (Å²) in [5.41, 5.74) is 5.44. The van der Waals surface area contributed by atoms with Gasteiger partial charge in [0.15, 0.2) is 0 Å². The third-order valence-corrected chi connectivity index (χ3v) is 3.82. The molecule has 3 aromatic carbocycles. The van der Waals surface area contributed by atoms with E-state index in [0.717, 1.165) is 6.42 Å². The third-order valence-electron chi connectivity index (χ3n) is 3.82. The first-order valence-electron chi connectivity index (χ1n) is 7.29. The van der Waals surface area contributed by atoms with Crippen LogP contribution in [0.5, 0.6) is 0 Å². The topological polar surface area (TPSA) is 0 Å². The van der Waals surface area contributed by atoms with Gasteiger partial charge < -0.3 is 14.9 Å². The summed E-state index contributed by atoms with van der Waals surface area (Å²) in [7, 11) is 0. The Labute approximate surface area is 166 Å². The second-order valence-corrected chi connectivity index (χ2v) is 5.12. The molecular formula is C23H24Zr. The molecule has 0 aliphatic heterocycles. The number of benzene rings is 2. The van der Waals surface area contributed by atoms with Gasteiger partial charge in [-0.3, -0.25) is 0 Å². The standard InChI is InChI=1S/C16H13.C5H5.2CH3.Zr/c1-2-7-12-13-8-3-5-10-15(13)16-11-6-4-9-14(12)16;1-2-4-5-3-1;;;/h2-6,8,10-12H,1,7H2;1-5H;2*1H3;/q4*-1;+4. The minimum Gasteiger partial charge on any atom is -0.358 e. The zero-order valence-corrected chi connectivity index (χ0v) is 17.0. The fourth-order valence-electron chi connectivity index (χ4n) is 2.91. The van der Waals surface area contributed by atoms with E-state index in [1.54, 1.807) is 0 Å². The van der Waals surface area contributed by atoms with E-state index in [4.69, 9.17) is 0 Å². The van der Waals surface area contributed by atoms with Crippen LogP contribution < -0.4 is 0 Å². The van der Waals surface area contributed by atoms with Crippen molar-refractivity contribution in [2.45, 2.75) is 12.3 Å². The van der Waals surface area contributed by atoms with E-state index < -0.39 is 0 Å². The molecule has 0 N–H and O–H groups in total. The fraction of sp³-hybridized carbons (Fsp3) is 0.0870. The molecule has 1 aliphatic carbocycles. The SMILES string of the molecule is C=CCC1c2[c-]cccc2-c2ccccc21.[CH3-].[CH3-].[Zr+4].c1cc[cH-]c1. The summed E-state index contributed by atoms with van der Waals surface area (Å²) >= 11 is 0. The van der Waals surface area contributed by atoms with Gasteiger partial charge in [-0.2, -0.15) is 42.5 Å². The Morgan fingerprint density at radius 2 is 1.62 bits per heavy atom. The summed E-state index contributed by atoms with van der Waals surface area (Å²) in [5.74, 6) is 0.449. The Hall–Kier alpha value is -1.59. The maximum Gasteiger partial charge on any atom is 4.00 e. The molecule has 1 unspecified atom stereocenters. The zero-order chi connectivity index (χ0) is 14.5. The van der Waals surface area contributed by atoms with Crippen LogP contribution in [0.3, 0.4) is 0 Å². The van der Waals surface area contributed by atoms with Crippen LogP contribution in [-0.4, -0.2) is 0 Å². The molecule has 0 saturated carbocycles. The number of fused-ring (bicyclic) bond motifs is 3. The van der Waals surface area contributed by atoms with Crippen molar-refractivity contribution in [2.24, 2.45) is 0 Å². The summed E-state index contributed by atoms with van der Waals surface area (Å²) in [6.07, 6.45) is 2.99. The summed E-state index contributed by atoms with van der Waals surface area (Å²) in [6.45, 7) is 3.86. The van der Waals surface area contributed by atoms with Crippen molar-refractivity contribution in [3.63, 3.8) is 0 Å². The average Bonchev–Trinajstić information content (AvgIpc) is 3.20. The normalized spacial score (nSPS) is 12.8. The van der Waals surface area contributed by atoms with E-state index in [-0.39, 0.29) is 41.1 Å². The quantitative estimate of drug-likeness (QED) is 0.346. The van der Waals surface area contributed by atoms with Gasteiger partial charge in [0.2, 0.25) is 0 Å². The van der Waals surface area contributed by atoms with Gasteiger partial charge in [-0.15, -0.1) is 17.7 Å². The molecule has 0 bridgehead atoms. The minimum atomic E-state index is 0. The molecule has 0 heterocycles. The fourth-order valence-corrected chi connectivity index (χ4v) is 2.91. The molecule has 0 nitrogen and oxygen atoms in total. The molecule has 1 aliphatic rings. The molecule has 0 radical (unpaired) electrons. The van der Waals surface area contributed by atoms with Gasteiger partial charge in [0.25, 0.3) is 0 Å². The Bertz CT molecular complexity index is 648. The van der Waals surface area contributed by atoms with Crippen LogP contribution in [0.15, 0.2) is 85.5 Å². The maximum absolute atomic E-state index is 3.86. The van der Waals surface area contributed by atoms with Crippen LogP contribution >= 0.6 is 0 Å². The predicted molar refractivity (Wildman–Crippen MR) is 102 cm³/mol. The van der Waals surface area contributed by atoms with E-state index in [1.807, 2.05) is 42.5 Å². The molecule has 0 saturated heterocycles. The van der Waals surface area contributed by atoms with E-state index in [2.05, 4.69) is 49.0 Å². The molecule has 24 heavy (non-hydrogen) atoms. The first-order chi connectivity index (χ1) is 10.4. The predicted octanol–water partition coefficient (Wildman–Crippen LogP) is 6.48. The summed E-state index contributed by atoms with van der Waals surface area (Å²) < 4.78 is 0. The molecule has 0 amide bonds. The van der Waals surface area contributed by atoms with Crippen LogP contribution in [0.25, 0.3) is 11.1 Å². The van der Waals surface area contributed by atoms with Gasteiger partial charge in [0.05, 0.1) is 0 Å². The number of rotatable bonds is 2. The molecule has 0 aromatic heterocycles. The molecule has 120 valence electrons. The monoisotopic (exact) mass is 390 g/mol. The second kappa shape index (κ2) is 11.1. The van der Waals surface area contributed by atoms with Crippen LogP contribution in [0.4, 0.5) is 0 Å². The Balaban J connectivity index is 0.000000578.